The van der Waals surface area contributed by atoms with E-state index in [1.807, 2.05) is 30.3 Å². The number of nitrogens with zero attached hydrogens (tertiary/aromatic N) is 3. The summed E-state index contributed by atoms with van der Waals surface area (Å²) in [4.78, 5) is 18.7. The van der Waals surface area contributed by atoms with Crippen LogP contribution in [-0.2, 0) is 9.53 Å². The maximum absolute atomic E-state index is 12.0. The Morgan fingerprint density at radius 3 is 2.78 bits per heavy atom. The molecule has 1 aliphatic heterocycles. The zero-order chi connectivity index (χ0) is 25.1. The third kappa shape index (κ3) is 5.12. The second-order valence-electron chi connectivity index (χ2n) is 9.33. The zero-order valence-electron chi connectivity index (χ0n) is 20.2. The van der Waals surface area contributed by atoms with Gasteiger partial charge in [-0.2, -0.15) is 0 Å². The van der Waals surface area contributed by atoms with Crippen molar-refractivity contribution in [1.82, 2.24) is 14.9 Å². The third-order valence-corrected chi connectivity index (χ3v) is 7.58. The Kier molecular flexibility index (Phi) is 7.55. The van der Waals surface area contributed by atoms with Crippen molar-refractivity contribution in [3.05, 3.63) is 77.3 Å². The number of nitrogens with one attached hydrogen (secondary N) is 2. The molecule has 1 saturated carbocycles. The van der Waals surface area contributed by atoms with Gasteiger partial charge in [-0.05, 0) is 67.0 Å². The third-order valence-electron chi connectivity index (χ3n) is 6.95. The Bertz CT molecular complexity index is 1230. The lowest BCUT2D eigenvalue weighted by molar-refractivity contribution is -0.119. The van der Waals surface area contributed by atoms with Crippen LogP contribution in [0, 0.1) is 0 Å². The molecule has 5 rings (SSSR count). The Balaban J connectivity index is 1.50. The van der Waals surface area contributed by atoms with Gasteiger partial charge in [0.05, 0.1) is 28.5 Å². The first-order valence-electron chi connectivity index (χ1n) is 12.3. The van der Waals surface area contributed by atoms with Gasteiger partial charge in [0.1, 0.15) is 6.61 Å². The average Bonchev–Trinajstić information content (AvgIpc) is 3.51. The highest BCUT2D eigenvalue weighted by Crippen LogP contribution is 2.43. The second-order valence-corrected chi connectivity index (χ2v) is 10.1. The molecule has 2 fully saturated rings. The fourth-order valence-corrected chi connectivity index (χ4v) is 5.82. The van der Waals surface area contributed by atoms with E-state index in [9.17, 15) is 4.79 Å². The highest BCUT2D eigenvalue weighted by atomic mass is 35.5. The molecular formula is C27H30ClN5O2S. The van der Waals surface area contributed by atoms with Crippen molar-refractivity contribution < 1.29 is 9.53 Å². The molecular weight excluding hydrogens is 494 g/mol. The minimum atomic E-state index is -0.261. The number of hydrogen-bond donors (Lipinski definition) is 2. The fraction of sp³-hybridized carbons (Fsp3) is 0.370. The van der Waals surface area contributed by atoms with Crippen molar-refractivity contribution in [3.8, 4) is 0 Å². The molecule has 0 unspecified atom stereocenters. The summed E-state index contributed by atoms with van der Waals surface area (Å²) >= 11 is 12.4. The van der Waals surface area contributed by atoms with Gasteiger partial charge in [0.25, 0.3) is 0 Å². The molecule has 1 aromatic carbocycles. The van der Waals surface area contributed by atoms with E-state index in [0.29, 0.717) is 21.9 Å². The molecule has 1 amide bonds. The monoisotopic (exact) mass is 523 g/mol. The number of anilines is 2. The number of aromatic nitrogens is 2. The standard InChI is InChI=1S/C27H30ClN5O2S/c1-35-17-24(34)30-22-11-10-20(15-21(22)28)33-26(25(31-27(33)36)23-9-5-6-13-29-23)18-12-14-32(16-18)19-7-3-2-4-8-19/h5-6,9-16,19,25-26H,2-4,7-8,17H2,1H3,(H,30,34)(H,31,36)/t25-,26+/m1/s1. The number of hydrogen-bond acceptors (Lipinski definition) is 4. The normalized spacial score (nSPS) is 20.4. The summed E-state index contributed by atoms with van der Waals surface area (Å²) in [7, 11) is 1.48. The van der Waals surface area contributed by atoms with Crippen LogP contribution in [0.4, 0.5) is 11.4 Å². The lowest BCUT2D eigenvalue weighted by atomic mass is 9.95. The summed E-state index contributed by atoms with van der Waals surface area (Å²) < 4.78 is 7.27. The predicted octanol–water partition coefficient (Wildman–Crippen LogP) is 5.80. The quantitative estimate of drug-likeness (QED) is 0.381. The number of halogens is 1. The maximum Gasteiger partial charge on any atom is 0.250 e. The molecule has 188 valence electrons. The van der Waals surface area contributed by atoms with Crippen LogP contribution in [-0.4, -0.2) is 34.3 Å². The molecule has 7 nitrogen and oxygen atoms in total. The molecule has 0 spiro atoms. The van der Waals surface area contributed by atoms with E-state index in [4.69, 9.17) is 28.6 Å². The van der Waals surface area contributed by atoms with Crippen molar-refractivity contribution in [1.29, 1.82) is 0 Å². The maximum atomic E-state index is 12.0. The van der Waals surface area contributed by atoms with E-state index in [1.165, 1.54) is 39.2 Å². The van der Waals surface area contributed by atoms with Gasteiger partial charge in [0.15, 0.2) is 5.11 Å². The van der Waals surface area contributed by atoms with Crippen LogP contribution < -0.4 is 15.5 Å². The van der Waals surface area contributed by atoms with Crippen molar-refractivity contribution in [3.63, 3.8) is 0 Å². The number of amides is 1. The Morgan fingerprint density at radius 2 is 2.06 bits per heavy atom. The molecule has 36 heavy (non-hydrogen) atoms. The number of rotatable bonds is 7. The number of thiocarbonyl (C=S) groups is 1. The Labute approximate surface area is 221 Å². The Hall–Kier alpha value is -2.94. The van der Waals surface area contributed by atoms with Crippen LogP contribution >= 0.6 is 23.8 Å². The van der Waals surface area contributed by atoms with Gasteiger partial charge in [0, 0.05) is 37.4 Å². The van der Waals surface area contributed by atoms with E-state index >= 15 is 0 Å². The van der Waals surface area contributed by atoms with Crippen molar-refractivity contribution in [2.24, 2.45) is 0 Å². The molecule has 0 bridgehead atoms. The van der Waals surface area contributed by atoms with E-state index in [1.54, 1.807) is 12.3 Å². The first kappa shape index (κ1) is 24.7. The number of pyridine rings is 1. The van der Waals surface area contributed by atoms with Crippen molar-refractivity contribution in [2.45, 2.75) is 50.2 Å². The molecule has 2 aromatic heterocycles. The topological polar surface area (TPSA) is 71.4 Å². The van der Waals surface area contributed by atoms with Crippen LogP contribution in [0.3, 0.4) is 0 Å². The molecule has 3 aromatic rings. The van der Waals surface area contributed by atoms with Gasteiger partial charge in [-0.3, -0.25) is 9.78 Å². The van der Waals surface area contributed by atoms with Crippen molar-refractivity contribution in [2.75, 3.05) is 23.9 Å². The van der Waals surface area contributed by atoms with Gasteiger partial charge < -0.3 is 24.8 Å². The predicted molar refractivity (Wildman–Crippen MR) is 146 cm³/mol. The Morgan fingerprint density at radius 1 is 1.22 bits per heavy atom. The van der Waals surface area contributed by atoms with Gasteiger partial charge in [-0.1, -0.05) is 36.9 Å². The largest absolute Gasteiger partial charge is 0.375 e. The number of methoxy groups -OCH3 is 1. The van der Waals surface area contributed by atoms with Gasteiger partial charge in [0.2, 0.25) is 5.91 Å². The number of carbonyl (C=O) groups is 1. The van der Waals surface area contributed by atoms with Crippen LogP contribution in [0.5, 0.6) is 0 Å². The minimum absolute atomic E-state index is 0.0377. The fourth-order valence-electron chi connectivity index (χ4n) is 5.26. The number of benzene rings is 1. The highest BCUT2D eigenvalue weighted by molar-refractivity contribution is 7.80. The molecule has 2 aliphatic rings. The lowest BCUT2D eigenvalue weighted by Crippen LogP contribution is -2.29. The molecule has 1 saturated heterocycles. The SMILES string of the molecule is COCC(=O)Nc1ccc(N2C(=S)N[C@H](c3ccccn3)[C@@H]2c2ccn(C3CCCCC3)c2)cc1Cl. The van der Waals surface area contributed by atoms with Crippen LogP contribution in [0.2, 0.25) is 5.02 Å². The summed E-state index contributed by atoms with van der Waals surface area (Å²) in [6.45, 7) is -0.0377. The molecule has 9 heteroatoms. The summed E-state index contributed by atoms with van der Waals surface area (Å²) in [6, 6.07) is 14.0. The number of carbonyl (C=O) groups excluding carboxylic acids is 1. The average molecular weight is 524 g/mol. The van der Waals surface area contributed by atoms with Gasteiger partial charge >= 0.3 is 0 Å². The van der Waals surface area contributed by atoms with E-state index in [-0.39, 0.29) is 24.6 Å². The zero-order valence-corrected chi connectivity index (χ0v) is 21.8. The smallest absolute Gasteiger partial charge is 0.250 e. The summed E-state index contributed by atoms with van der Waals surface area (Å²) in [5.41, 5.74) is 3.46. The van der Waals surface area contributed by atoms with Crippen LogP contribution in [0.25, 0.3) is 0 Å². The molecule has 2 N–H and O–H groups in total. The van der Waals surface area contributed by atoms with Crippen LogP contribution in [0.1, 0.15) is 61.5 Å². The van der Waals surface area contributed by atoms with E-state index in [0.717, 1.165) is 16.9 Å². The van der Waals surface area contributed by atoms with Gasteiger partial charge in [-0.25, -0.2) is 0 Å². The molecule has 2 atom stereocenters. The highest BCUT2D eigenvalue weighted by Gasteiger charge is 2.41. The number of ether oxygens (including phenoxy) is 1. The first-order chi connectivity index (χ1) is 17.5. The summed E-state index contributed by atoms with van der Waals surface area (Å²) in [5.74, 6) is -0.261. The second kappa shape index (κ2) is 11.0. The van der Waals surface area contributed by atoms with Gasteiger partial charge in [-0.15, -0.1) is 0 Å². The van der Waals surface area contributed by atoms with E-state index < -0.39 is 0 Å². The first-order valence-corrected chi connectivity index (χ1v) is 13.1. The lowest BCUT2D eigenvalue weighted by Gasteiger charge is -2.28. The minimum Gasteiger partial charge on any atom is -0.375 e. The summed E-state index contributed by atoms with van der Waals surface area (Å²) in [5, 5.41) is 7.31. The summed E-state index contributed by atoms with van der Waals surface area (Å²) in [6.07, 6.45) is 12.6. The van der Waals surface area contributed by atoms with Crippen LogP contribution in [0.15, 0.2) is 61.1 Å². The molecule has 1 aliphatic carbocycles. The molecule has 3 heterocycles. The van der Waals surface area contributed by atoms with Crippen molar-refractivity contribution >= 4 is 46.2 Å². The molecule has 0 radical (unpaired) electrons. The van der Waals surface area contributed by atoms with E-state index in [2.05, 4.69) is 43.5 Å².